The lowest BCUT2D eigenvalue weighted by molar-refractivity contribution is -0.132. The van der Waals surface area contributed by atoms with Crippen molar-refractivity contribution in [1.82, 2.24) is 0 Å². The lowest BCUT2D eigenvalue weighted by atomic mass is 10.1. The summed E-state index contributed by atoms with van der Waals surface area (Å²) in [5, 5.41) is 0. The fourth-order valence-electron chi connectivity index (χ4n) is 1.19. The molecule has 0 heterocycles. The minimum Gasteiger partial charge on any atom is -0.451 e. The van der Waals surface area contributed by atoms with Crippen LogP contribution in [-0.4, -0.2) is 25.2 Å². The molecule has 0 saturated heterocycles. The van der Waals surface area contributed by atoms with Gasteiger partial charge in [0.2, 0.25) is 0 Å². The van der Waals surface area contributed by atoms with Crippen molar-refractivity contribution in [3.05, 3.63) is 0 Å². The first-order valence-corrected chi connectivity index (χ1v) is 5.47. The van der Waals surface area contributed by atoms with Crippen LogP contribution in [0.2, 0.25) is 0 Å². The number of hydrogen-bond acceptors (Lipinski definition) is 4. The van der Waals surface area contributed by atoms with E-state index in [0.717, 1.165) is 12.8 Å². The topological polar surface area (TPSA) is 52.6 Å². The van der Waals surface area contributed by atoms with Gasteiger partial charge in [-0.25, -0.2) is 0 Å². The van der Waals surface area contributed by atoms with Crippen LogP contribution in [0.4, 0.5) is 0 Å². The average Bonchev–Trinajstić information content (AvgIpc) is 2.27. The molecule has 0 amide bonds. The summed E-state index contributed by atoms with van der Waals surface area (Å²) in [6.45, 7) is 4.75. The van der Waals surface area contributed by atoms with Crippen molar-refractivity contribution < 1.29 is 19.1 Å². The van der Waals surface area contributed by atoms with Gasteiger partial charge in [0.15, 0.2) is 12.2 Å². The van der Waals surface area contributed by atoms with E-state index >= 15 is 0 Å². The van der Waals surface area contributed by atoms with Gasteiger partial charge in [0.25, 0.3) is 12.9 Å². The van der Waals surface area contributed by atoms with Crippen molar-refractivity contribution in [3.63, 3.8) is 0 Å². The first-order chi connectivity index (χ1) is 7.78. The van der Waals surface area contributed by atoms with Gasteiger partial charge >= 0.3 is 0 Å². The Labute approximate surface area is 96.3 Å². The number of carbonyl (C=O) groups excluding carboxylic acids is 2. The molecule has 0 radical (unpaired) electrons. The Balaban J connectivity index is 4.33. The van der Waals surface area contributed by atoms with Gasteiger partial charge in [0.1, 0.15) is 0 Å². The monoisotopic (exact) mass is 226 g/mol. The molecule has 0 rings (SSSR count). The van der Waals surface area contributed by atoms with Crippen molar-refractivity contribution >= 4 is 12.9 Å². The zero-order chi connectivity index (χ0) is 12.2. The second-order valence-corrected chi connectivity index (χ2v) is 3.31. The predicted octanol–water partition coefficient (Wildman–Crippen LogP) is 1.67. The van der Waals surface area contributed by atoms with E-state index in [1.54, 1.807) is 0 Å². The summed E-state index contributed by atoms with van der Waals surface area (Å²) in [6.07, 6.45) is 2.31. The number of rotatable bonds is 8. The molecule has 0 aliphatic heterocycles. The van der Waals surface area contributed by atoms with E-state index in [2.05, 4.69) is 11.8 Å². The minimum absolute atomic E-state index is 0.393. The summed E-state index contributed by atoms with van der Waals surface area (Å²) < 4.78 is 9.58. The number of ether oxygens (including phenoxy) is 2. The molecule has 0 spiro atoms. The first kappa shape index (κ1) is 14.5. The summed E-state index contributed by atoms with van der Waals surface area (Å²) >= 11 is 0. The molecular formula is C12H18O4. The molecule has 0 fully saturated rings. The van der Waals surface area contributed by atoms with E-state index in [0.29, 0.717) is 25.8 Å². The summed E-state index contributed by atoms with van der Waals surface area (Å²) in [4.78, 5) is 20.4. The summed E-state index contributed by atoms with van der Waals surface area (Å²) in [5.74, 6) is 5.61. The quantitative estimate of drug-likeness (QED) is 0.466. The highest BCUT2D eigenvalue weighted by Gasteiger charge is 2.06. The smallest absolute Gasteiger partial charge is 0.294 e. The van der Waals surface area contributed by atoms with Gasteiger partial charge in [-0.15, -0.1) is 0 Å². The Morgan fingerprint density at radius 2 is 1.31 bits per heavy atom. The summed E-state index contributed by atoms with van der Waals surface area (Å²) in [7, 11) is 0. The minimum atomic E-state index is -0.405. The van der Waals surface area contributed by atoms with Crippen molar-refractivity contribution in [1.29, 1.82) is 0 Å². The first-order valence-electron chi connectivity index (χ1n) is 5.47. The standard InChI is InChI=1S/C12H18O4/c1-3-5-11(15-9-13)7-8-12(6-4-2)16-10-14/h9-12H,3-6H2,1-2H3. The molecule has 4 nitrogen and oxygen atoms in total. The van der Waals surface area contributed by atoms with E-state index in [4.69, 9.17) is 9.47 Å². The second kappa shape index (κ2) is 10.0. The summed E-state index contributed by atoms with van der Waals surface area (Å²) in [5.41, 5.74) is 0. The van der Waals surface area contributed by atoms with Crippen molar-refractivity contribution in [3.8, 4) is 11.8 Å². The third-order valence-corrected chi connectivity index (χ3v) is 1.95. The average molecular weight is 226 g/mol. The molecular weight excluding hydrogens is 208 g/mol. The van der Waals surface area contributed by atoms with Crippen LogP contribution in [0.15, 0.2) is 0 Å². The van der Waals surface area contributed by atoms with Crippen LogP contribution >= 0.6 is 0 Å². The zero-order valence-electron chi connectivity index (χ0n) is 9.77. The maximum atomic E-state index is 10.2. The SMILES string of the molecule is CCCC(C#CC(CCC)OC=O)OC=O. The van der Waals surface area contributed by atoms with E-state index in [1.807, 2.05) is 13.8 Å². The molecule has 4 heteroatoms. The molecule has 16 heavy (non-hydrogen) atoms. The molecule has 0 aromatic carbocycles. The van der Waals surface area contributed by atoms with Crippen molar-refractivity contribution in [2.24, 2.45) is 0 Å². The zero-order valence-corrected chi connectivity index (χ0v) is 9.77. The lowest BCUT2D eigenvalue weighted by Gasteiger charge is -2.09. The molecule has 0 saturated carbocycles. The van der Waals surface area contributed by atoms with Crippen LogP contribution in [-0.2, 0) is 19.1 Å². The fraction of sp³-hybridized carbons (Fsp3) is 0.667. The van der Waals surface area contributed by atoms with Gasteiger partial charge < -0.3 is 9.47 Å². The van der Waals surface area contributed by atoms with E-state index < -0.39 is 12.2 Å². The number of carbonyl (C=O) groups is 2. The van der Waals surface area contributed by atoms with E-state index in [9.17, 15) is 9.59 Å². The molecule has 0 bridgehead atoms. The van der Waals surface area contributed by atoms with Gasteiger partial charge in [-0.1, -0.05) is 38.5 Å². The molecule has 2 atom stereocenters. The Bertz CT molecular complexity index is 227. The molecule has 0 N–H and O–H groups in total. The largest absolute Gasteiger partial charge is 0.451 e. The highest BCUT2D eigenvalue weighted by Crippen LogP contribution is 2.02. The van der Waals surface area contributed by atoms with Crippen LogP contribution in [0.25, 0.3) is 0 Å². The summed E-state index contributed by atoms with van der Waals surface area (Å²) in [6, 6.07) is 0. The second-order valence-electron chi connectivity index (χ2n) is 3.31. The maximum absolute atomic E-state index is 10.2. The van der Waals surface area contributed by atoms with Gasteiger partial charge in [-0.2, -0.15) is 0 Å². The van der Waals surface area contributed by atoms with Gasteiger partial charge in [-0.3, -0.25) is 9.59 Å². The van der Waals surface area contributed by atoms with Crippen LogP contribution < -0.4 is 0 Å². The normalized spacial score (nSPS) is 12.9. The third kappa shape index (κ3) is 6.88. The molecule has 2 unspecified atom stereocenters. The van der Waals surface area contributed by atoms with Gasteiger partial charge in [0.05, 0.1) is 0 Å². The molecule has 0 aromatic heterocycles. The molecule has 90 valence electrons. The highest BCUT2D eigenvalue weighted by atomic mass is 16.5. The Kier molecular flexibility index (Phi) is 9.09. The van der Waals surface area contributed by atoms with Gasteiger partial charge in [0, 0.05) is 0 Å². The maximum Gasteiger partial charge on any atom is 0.294 e. The van der Waals surface area contributed by atoms with Crippen LogP contribution in [0.1, 0.15) is 39.5 Å². The highest BCUT2D eigenvalue weighted by molar-refractivity contribution is 5.39. The van der Waals surface area contributed by atoms with Crippen molar-refractivity contribution in [2.75, 3.05) is 0 Å². The van der Waals surface area contributed by atoms with Crippen molar-refractivity contribution in [2.45, 2.75) is 51.7 Å². The predicted molar refractivity (Wildman–Crippen MR) is 59.5 cm³/mol. The molecule has 0 aliphatic rings. The fourth-order valence-corrected chi connectivity index (χ4v) is 1.19. The Morgan fingerprint density at radius 1 is 0.938 bits per heavy atom. The van der Waals surface area contributed by atoms with Crippen LogP contribution in [0.3, 0.4) is 0 Å². The third-order valence-electron chi connectivity index (χ3n) is 1.95. The number of hydrogen-bond donors (Lipinski definition) is 0. The Morgan fingerprint density at radius 3 is 1.56 bits per heavy atom. The van der Waals surface area contributed by atoms with E-state index in [-0.39, 0.29) is 0 Å². The Hall–Kier alpha value is -1.50. The molecule has 0 aromatic rings. The van der Waals surface area contributed by atoms with Crippen LogP contribution in [0.5, 0.6) is 0 Å². The van der Waals surface area contributed by atoms with Crippen LogP contribution in [0, 0.1) is 11.8 Å². The lowest BCUT2D eigenvalue weighted by Crippen LogP contribution is -2.13. The molecule has 0 aliphatic carbocycles. The van der Waals surface area contributed by atoms with E-state index in [1.165, 1.54) is 0 Å². The van der Waals surface area contributed by atoms with Gasteiger partial charge in [-0.05, 0) is 12.8 Å².